The number of ether oxygens (including phenoxy) is 1. The summed E-state index contributed by atoms with van der Waals surface area (Å²) in [4.78, 5) is 6.97. The Labute approximate surface area is 112 Å². The van der Waals surface area contributed by atoms with Gasteiger partial charge in [-0.25, -0.2) is 9.97 Å². The summed E-state index contributed by atoms with van der Waals surface area (Å²) in [6.07, 6.45) is -4.65. The van der Waals surface area contributed by atoms with E-state index < -0.39 is 12.0 Å². The number of rotatable bonds is 4. The van der Waals surface area contributed by atoms with Crippen LogP contribution < -0.4 is 10.1 Å². The standard InChI is InChI=1S/C12H12F3N3O2/c1-20-7-2-3-8-9(6-7)17-11(12(13,14)15)18-10(8)16-4-5-19/h2-3,6,19H,4-5H2,1H3,(H,16,17,18). The second kappa shape index (κ2) is 5.49. The highest BCUT2D eigenvalue weighted by Crippen LogP contribution is 2.31. The summed E-state index contributed by atoms with van der Waals surface area (Å²) in [5, 5.41) is 11.8. The van der Waals surface area contributed by atoms with Crippen LogP contribution in [0.2, 0.25) is 0 Å². The number of alkyl halides is 3. The Bertz CT molecular complexity index is 617. The van der Waals surface area contributed by atoms with Crippen LogP contribution >= 0.6 is 0 Å². The maximum Gasteiger partial charge on any atom is 0.451 e. The van der Waals surface area contributed by atoms with Crippen molar-refractivity contribution in [2.75, 3.05) is 25.6 Å². The molecule has 1 aromatic heterocycles. The maximum atomic E-state index is 12.8. The second-order valence-corrected chi connectivity index (χ2v) is 3.93. The average Bonchev–Trinajstić information content (AvgIpc) is 2.42. The number of aliphatic hydroxyl groups excluding tert-OH is 1. The minimum absolute atomic E-state index is 0.0269. The van der Waals surface area contributed by atoms with E-state index in [4.69, 9.17) is 9.84 Å². The van der Waals surface area contributed by atoms with Gasteiger partial charge in [-0.1, -0.05) is 0 Å². The van der Waals surface area contributed by atoms with Gasteiger partial charge >= 0.3 is 6.18 Å². The number of anilines is 1. The average molecular weight is 287 g/mol. The number of hydrogen-bond acceptors (Lipinski definition) is 5. The van der Waals surface area contributed by atoms with E-state index in [-0.39, 0.29) is 24.5 Å². The largest absolute Gasteiger partial charge is 0.497 e. The van der Waals surface area contributed by atoms with Gasteiger partial charge in [0.1, 0.15) is 11.6 Å². The van der Waals surface area contributed by atoms with Gasteiger partial charge in [-0.15, -0.1) is 0 Å². The molecule has 2 aromatic rings. The molecule has 0 aliphatic rings. The van der Waals surface area contributed by atoms with Gasteiger partial charge in [0.2, 0.25) is 5.82 Å². The summed E-state index contributed by atoms with van der Waals surface area (Å²) in [5.41, 5.74) is 0.118. The number of halogens is 3. The zero-order valence-electron chi connectivity index (χ0n) is 10.5. The molecule has 0 fully saturated rings. The second-order valence-electron chi connectivity index (χ2n) is 3.93. The predicted octanol–water partition coefficient (Wildman–Crippen LogP) is 2.06. The minimum atomic E-state index is -4.65. The molecule has 0 unspecified atom stereocenters. The Morgan fingerprint density at radius 1 is 1.30 bits per heavy atom. The molecular formula is C12H12F3N3O2. The number of fused-ring (bicyclic) bond motifs is 1. The van der Waals surface area contributed by atoms with E-state index in [1.54, 1.807) is 12.1 Å². The molecule has 0 aliphatic heterocycles. The summed E-state index contributed by atoms with van der Waals surface area (Å²) in [6.45, 7) is -0.127. The van der Waals surface area contributed by atoms with Crippen molar-refractivity contribution < 1.29 is 23.0 Å². The van der Waals surface area contributed by atoms with Gasteiger partial charge in [-0.05, 0) is 12.1 Å². The molecule has 0 amide bonds. The number of aromatic nitrogens is 2. The highest BCUT2D eigenvalue weighted by atomic mass is 19.4. The number of nitrogens with one attached hydrogen (secondary N) is 1. The molecule has 5 nitrogen and oxygen atoms in total. The van der Waals surface area contributed by atoms with Gasteiger partial charge in [0.15, 0.2) is 0 Å². The van der Waals surface area contributed by atoms with Gasteiger partial charge in [0, 0.05) is 18.0 Å². The van der Waals surface area contributed by atoms with E-state index in [1.807, 2.05) is 0 Å². The Morgan fingerprint density at radius 3 is 2.65 bits per heavy atom. The fraction of sp³-hybridized carbons (Fsp3) is 0.333. The molecule has 2 rings (SSSR count). The van der Waals surface area contributed by atoms with Crippen molar-refractivity contribution in [3.05, 3.63) is 24.0 Å². The Balaban J connectivity index is 2.61. The third-order valence-corrected chi connectivity index (χ3v) is 2.56. The van der Waals surface area contributed by atoms with Crippen LogP contribution in [0.1, 0.15) is 5.82 Å². The summed E-state index contributed by atoms with van der Waals surface area (Å²) >= 11 is 0. The molecular weight excluding hydrogens is 275 g/mol. The summed E-state index contributed by atoms with van der Waals surface area (Å²) < 4.78 is 43.3. The van der Waals surface area contributed by atoms with Gasteiger partial charge in [-0.3, -0.25) is 0 Å². The lowest BCUT2D eigenvalue weighted by Crippen LogP contribution is -2.15. The highest BCUT2D eigenvalue weighted by molar-refractivity contribution is 5.90. The number of benzene rings is 1. The quantitative estimate of drug-likeness (QED) is 0.901. The van der Waals surface area contributed by atoms with Crippen molar-refractivity contribution in [3.63, 3.8) is 0 Å². The first-order valence-corrected chi connectivity index (χ1v) is 5.73. The molecule has 0 atom stereocenters. The van der Waals surface area contributed by atoms with E-state index in [9.17, 15) is 13.2 Å². The number of hydrogen-bond donors (Lipinski definition) is 2. The molecule has 8 heteroatoms. The molecule has 0 saturated heterocycles. The van der Waals surface area contributed by atoms with E-state index in [0.717, 1.165) is 0 Å². The summed E-state index contributed by atoms with van der Waals surface area (Å²) in [7, 11) is 1.41. The van der Waals surface area contributed by atoms with E-state index in [0.29, 0.717) is 11.1 Å². The minimum Gasteiger partial charge on any atom is -0.497 e. The normalized spacial score (nSPS) is 11.7. The SMILES string of the molecule is COc1ccc2c(NCCO)nc(C(F)(F)F)nc2c1. The van der Waals surface area contributed by atoms with Gasteiger partial charge < -0.3 is 15.2 Å². The lowest BCUT2D eigenvalue weighted by Gasteiger charge is -2.12. The zero-order chi connectivity index (χ0) is 14.8. The first-order chi connectivity index (χ1) is 9.45. The van der Waals surface area contributed by atoms with Crippen molar-refractivity contribution in [2.24, 2.45) is 0 Å². The predicted molar refractivity (Wildman–Crippen MR) is 66.7 cm³/mol. The molecule has 0 radical (unpaired) electrons. The lowest BCUT2D eigenvalue weighted by atomic mass is 10.2. The first-order valence-electron chi connectivity index (χ1n) is 5.73. The molecule has 0 bridgehead atoms. The fourth-order valence-corrected chi connectivity index (χ4v) is 1.67. The maximum absolute atomic E-state index is 12.8. The molecule has 0 saturated carbocycles. The van der Waals surface area contributed by atoms with Crippen LogP contribution in [0.5, 0.6) is 5.75 Å². The van der Waals surface area contributed by atoms with E-state index in [1.165, 1.54) is 13.2 Å². The molecule has 108 valence electrons. The first kappa shape index (κ1) is 14.3. The topological polar surface area (TPSA) is 67.3 Å². The van der Waals surface area contributed by atoms with Crippen LogP contribution in [0.4, 0.5) is 19.0 Å². The van der Waals surface area contributed by atoms with Crippen LogP contribution in [0, 0.1) is 0 Å². The highest BCUT2D eigenvalue weighted by Gasteiger charge is 2.35. The Kier molecular flexibility index (Phi) is 3.93. The van der Waals surface area contributed by atoms with Gasteiger partial charge in [0.05, 0.1) is 19.2 Å². The van der Waals surface area contributed by atoms with Crippen molar-refractivity contribution in [2.45, 2.75) is 6.18 Å². The van der Waals surface area contributed by atoms with Crippen molar-refractivity contribution in [1.29, 1.82) is 0 Å². The van der Waals surface area contributed by atoms with E-state index >= 15 is 0 Å². The smallest absolute Gasteiger partial charge is 0.451 e. The van der Waals surface area contributed by atoms with Crippen LogP contribution in [-0.4, -0.2) is 35.3 Å². The molecule has 1 aromatic carbocycles. The van der Waals surface area contributed by atoms with Crippen LogP contribution in [0.15, 0.2) is 18.2 Å². The fourth-order valence-electron chi connectivity index (χ4n) is 1.67. The van der Waals surface area contributed by atoms with Gasteiger partial charge in [0.25, 0.3) is 0 Å². The van der Waals surface area contributed by atoms with E-state index in [2.05, 4.69) is 15.3 Å². The third-order valence-electron chi connectivity index (χ3n) is 2.56. The Hall–Kier alpha value is -2.09. The molecule has 0 spiro atoms. The molecule has 0 aliphatic carbocycles. The van der Waals surface area contributed by atoms with Crippen molar-refractivity contribution >= 4 is 16.7 Å². The zero-order valence-corrected chi connectivity index (χ0v) is 10.5. The lowest BCUT2D eigenvalue weighted by molar-refractivity contribution is -0.144. The number of aliphatic hydroxyl groups is 1. The molecule has 2 N–H and O–H groups in total. The number of methoxy groups -OCH3 is 1. The van der Waals surface area contributed by atoms with Crippen LogP contribution in [-0.2, 0) is 6.18 Å². The van der Waals surface area contributed by atoms with Crippen LogP contribution in [0.3, 0.4) is 0 Å². The summed E-state index contributed by atoms with van der Waals surface area (Å²) in [5.74, 6) is -0.810. The van der Waals surface area contributed by atoms with Crippen LogP contribution in [0.25, 0.3) is 10.9 Å². The number of nitrogens with zero attached hydrogens (tertiary/aromatic N) is 2. The Morgan fingerprint density at radius 2 is 2.05 bits per heavy atom. The van der Waals surface area contributed by atoms with Crippen molar-refractivity contribution in [1.82, 2.24) is 9.97 Å². The third kappa shape index (κ3) is 2.90. The van der Waals surface area contributed by atoms with Crippen molar-refractivity contribution in [3.8, 4) is 5.75 Å². The molecule has 1 heterocycles. The summed E-state index contributed by atoms with van der Waals surface area (Å²) in [6, 6.07) is 4.56. The van der Waals surface area contributed by atoms with Gasteiger partial charge in [-0.2, -0.15) is 13.2 Å². The molecule has 20 heavy (non-hydrogen) atoms. The monoisotopic (exact) mass is 287 g/mol.